The van der Waals surface area contributed by atoms with Gasteiger partial charge in [-0.25, -0.2) is 13.6 Å². The summed E-state index contributed by atoms with van der Waals surface area (Å²) in [4.78, 5) is 24.8. The average Bonchev–Trinajstić information content (AvgIpc) is 3.65. The second kappa shape index (κ2) is 10.3. The molecular weight excluding hydrogens is 560 g/mol. The summed E-state index contributed by atoms with van der Waals surface area (Å²) in [6.45, 7) is 5.03. The fraction of sp³-hybridized carbons (Fsp3) is 0.355. The van der Waals surface area contributed by atoms with Crippen LogP contribution in [0, 0.1) is 19.7 Å². The first kappa shape index (κ1) is 27.3. The number of nitrogens with one attached hydrogen (secondary N) is 1. The van der Waals surface area contributed by atoms with Gasteiger partial charge in [-0.15, -0.1) is 0 Å². The molecule has 2 atom stereocenters. The SMILES string of the molecule is Cc1cc(CNc2nc(OC[C@@]34CCCN3C[C@H](F)C4)nc3c(C)c(-c4cc(O)cc5cccc(F)c45)oc(=O)c23)no1. The second-order valence-corrected chi connectivity index (χ2v) is 11.4. The largest absolute Gasteiger partial charge is 0.508 e. The minimum absolute atomic E-state index is 0.00136. The third-order valence-electron chi connectivity index (χ3n) is 8.48. The van der Waals surface area contributed by atoms with Crippen LogP contribution in [-0.2, 0) is 6.54 Å². The van der Waals surface area contributed by atoms with Gasteiger partial charge in [0.1, 0.15) is 52.8 Å². The molecule has 0 saturated carbocycles. The zero-order valence-electron chi connectivity index (χ0n) is 23.6. The van der Waals surface area contributed by atoms with Crippen LogP contribution in [0.15, 0.2) is 50.1 Å². The van der Waals surface area contributed by atoms with Gasteiger partial charge in [0.2, 0.25) is 0 Å². The maximum atomic E-state index is 15.1. The van der Waals surface area contributed by atoms with Gasteiger partial charge < -0.3 is 24.1 Å². The van der Waals surface area contributed by atoms with Gasteiger partial charge in [-0.1, -0.05) is 17.3 Å². The summed E-state index contributed by atoms with van der Waals surface area (Å²) in [5.74, 6) is 0.196. The number of phenolic OH excluding ortho intramolecular Hbond substituents is 1. The summed E-state index contributed by atoms with van der Waals surface area (Å²) in [5, 5.41) is 18.3. The van der Waals surface area contributed by atoms with E-state index >= 15 is 4.39 Å². The molecule has 2 aromatic carbocycles. The molecule has 0 unspecified atom stereocenters. The maximum Gasteiger partial charge on any atom is 0.349 e. The van der Waals surface area contributed by atoms with E-state index in [2.05, 4.69) is 25.3 Å². The van der Waals surface area contributed by atoms with Crippen molar-refractivity contribution >= 4 is 27.5 Å². The van der Waals surface area contributed by atoms with Crippen molar-refractivity contribution < 1.29 is 27.6 Å². The highest BCUT2D eigenvalue weighted by Crippen LogP contribution is 2.41. The molecule has 2 saturated heterocycles. The van der Waals surface area contributed by atoms with Crippen molar-refractivity contribution in [1.29, 1.82) is 0 Å². The number of aromatic hydroxyl groups is 1. The predicted octanol–water partition coefficient (Wildman–Crippen LogP) is 5.42. The van der Waals surface area contributed by atoms with Crippen molar-refractivity contribution in [3.8, 4) is 23.1 Å². The number of phenols is 1. The van der Waals surface area contributed by atoms with Crippen molar-refractivity contribution in [2.24, 2.45) is 0 Å². The maximum absolute atomic E-state index is 15.1. The Morgan fingerprint density at radius 3 is 2.88 bits per heavy atom. The molecule has 0 bridgehead atoms. The Balaban J connectivity index is 1.36. The minimum Gasteiger partial charge on any atom is -0.508 e. The lowest BCUT2D eigenvalue weighted by Gasteiger charge is -2.30. The van der Waals surface area contributed by atoms with Crippen LogP contribution in [0.1, 0.15) is 36.3 Å². The quantitative estimate of drug-likeness (QED) is 0.254. The number of nitrogens with zero attached hydrogens (tertiary/aromatic N) is 4. The Morgan fingerprint density at radius 1 is 1.21 bits per heavy atom. The average molecular weight is 590 g/mol. The van der Waals surface area contributed by atoms with Crippen LogP contribution >= 0.6 is 0 Å². The predicted molar refractivity (Wildman–Crippen MR) is 154 cm³/mol. The summed E-state index contributed by atoms with van der Waals surface area (Å²) in [6.07, 6.45) is 1.22. The number of ether oxygens (including phenoxy) is 1. The smallest absolute Gasteiger partial charge is 0.349 e. The Hall–Kier alpha value is -4.58. The molecule has 0 amide bonds. The molecule has 12 heteroatoms. The van der Waals surface area contributed by atoms with E-state index < -0.39 is 23.2 Å². The third kappa shape index (κ3) is 4.75. The van der Waals surface area contributed by atoms with Crippen LogP contribution in [0.2, 0.25) is 0 Å². The Labute approximate surface area is 244 Å². The first-order valence-corrected chi connectivity index (χ1v) is 14.2. The van der Waals surface area contributed by atoms with E-state index in [4.69, 9.17) is 13.7 Å². The van der Waals surface area contributed by atoms with Crippen LogP contribution < -0.4 is 15.7 Å². The molecule has 0 spiro atoms. The monoisotopic (exact) mass is 589 g/mol. The Bertz CT molecular complexity index is 1940. The molecule has 2 aliphatic rings. The van der Waals surface area contributed by atoms with Crippen molar-refractivity contribution in [3.63, 3.8) is 0 Å². The van der Waals surface area contributed by atoms with Gasteiger partial charge in [-0.2, -0.15) is 9.97 Å². The van der Waals surface area contributed by atoms with Crippen LogP contribution in [-0.4, -0.2) is 56.5 Å². The van der Waals surface area contributed by atoms with Gasteiger partial charge in [0, 0.05) is 35.5 Å². The zero-order valence-corrected chi connectivity index (χ0v) is 23.6. The van der Waals surface area contributed by atoms with Crippen molar-refractivity contribution in [2.75, 3.05) is 25.0 Å². The number of fused-ring (bicyclic) bond motifs is 3. The number of aromatic nitrogens is 3. The second-order valence-electron chi connectivity index (χ2n) is 11.4. The van der Waals surface area contributed by atoms with Gasteiger partial charge in [0.15, 0.2) is 0 Å². The van der Waals surface area contributed by atoms with Crippen molar-refractivity contribution in [1.82, 2.24) is 20.0 Å². The number of hydrogen-bond acceptors (Lipinski definition) is 10. The number of alkyl halides is 1. The van der Waals surface area contributed by atoms with Gasteiger partial charge in [0.25, 0.3) is 0 Å². The van der Waals surface area contributed by atoms with Gasteiger partial charge in [-0.05, 0) is 56.8 Å². The van der Waals surface area contributed by atoms with Crippen LogP contribution in [0.4, 0.5) is 14.6 Å². The molecule has 10 nitrogen and oxygen atoms in total. The number of anilines is 1. The molecule has 5 heterocycles. The zero-order chi connectivity index (χ0) is 29.9. The molecule has 222 valence electrons. The molecule has 2 fully saturated rings. The van der Waals surface area contributed by atoms with Crippen molar-refractivity contribution in [2.45, 2.75) is 51.4 Å². The number of rotatable bonds is 7. The Kier molecular flexibility index (Phi) is 6.53. The summed E-state index contributed by atoms with van der Waals surface area (Å²) in [7, 11) is 0. The van der Waals surface area contributed by atoms with Gasteiger partial charge in [-0.3, -0.25) is 4.90 Å². The molecular formula is C31H29F2N5O5. The van der Waals surface area contributed by atoms with Gasteiger partial charge >= 0.3 is 11.6 Å². The highest BCUT2D eigenvalue weighted by Gasteiger charge is 2.49. The van der Waals surface area contributed by atoms with E-state index in [0.717, 1.165) is 19.4 Å². The molecule has 43 heavy (non-hydrogen) atoms. The lowest BCUT2D eigenvalue weighted by molar-refractivity contribution is 0.107. The first-order chi connectivity index (χ1) is 20.7. The topological polar surface area (TPSA) is 127 Å². The number of halogens is 2. The Morgan fingerprint density at radius 2 is 2.07 bits per heavy atom. The summed E-state index contributed by atoms with van der Waals surface area (Å²) in [6, 6.07) is 9.05. The van der Waals surface area contributed by atoms with Crippen LogP contribution in [0.5, 0.6) is 11.8 Å². The van der Waals surface area contributed by atoms with Crippen LogP contribution in [0.25, 0.3) is 33.0 Å². The lowest BCUT2D eigenvalue weighted by Crippen LogP contribution is -2.43. The highest BCUT2D eigenvalue weighted by atomic mass is 19.1. The highest BCUT2D eigenvalue weighted by molar-refractivity contribution is 6.00. The minimum atomic E-state index is -0.920. The normalized spacial score (nSPS) is 20.2. The summed E-state index contributed by atoms with van der Waals surface area (Å²) >= 11 is 0. The van der Waals surface area contributed by atoms with Crippen molar-refractivity contribution in [3.05, 3.63) is 69.7 Å². The first-order valence-electron chi connectivity index (χ1n) is 14.2. The van der Waals surface area contributed by atoms with E-state index in [9.17, 15) is 14.3 Å². The van der Waals surface area contributed by atoms with E-state index in [0.29, 0.717) is 35.4 Å². The fourth-order valence-electron chi connectivity index (χ4n) is 6.55. The van der Waals surface area contributed by atoms with E-state index in [1.807, 2.05) is 0 Å². The van der Waals surface area contributed by atoms with E-state index in [1.54, 1.807) is 26.0 Å². The van der Waals surface area contributed by atoms with Gasteiger partial charge in [0.05, 0.1) is 17.6 Å². The standard InChI is InChI=1S/C31H29F2N5O5/c1-16-9-20(37-43-16)13-34-28-25-26(35-30(36-28)41-15-31-7-4-8-38(31)14-19(32)12-31)17(2)27(42-29(25)40)22-11-21(39)10-18-5-3-6-23(33)24(18)22/h3,5-6,9-11,19,39H,4,7-8,12-15H2,1-2H3,(H,34,35,36)/t19-,31+/m1/s1. The molecule has 0 radical (unpaired) electrons. The molecule has 5 aromatic rings. The fourth-order valence-corrected chi connectivity index (χ4v) is 6.55. The molecule has 0 aliphatic carbocycles. The third-order valence-corrected chi connectivity index (χ3v) is 8.48. The molecule has 3 aromatic heterocycles. The summed E-state index contributed by atoms with van der Waals surface area (Å²) < 4.78 is 46.6. The lowest BCUT2D eigenvalue weighted by atomic mass is 9.95. The number of aryl methyl sites for hydroxylation is 2. The molecule has 2 N–H and O–H groups in total. The summed E-state index contributed by atoms with van der Waals surface area (Å²) in [5.41, 5.74) is 0.259. The van der Waals surface area contributed by atoms with E-state index in [1.165, 1.54) is 24.3 Å². The number of benzene rings is 2. The van der Waals surface area contributed by atoms with E-state index in [-0.39, 0.29) is 58.3 Å². The van der Waals surface area contributed by atoms with Crippen LogP contribution in [0.3, 0.4) is 0 Å². The molecule has 7 rings (SSSR count). The molecule has 2 aliphatic heterocycles. The number of hydrogen-bond donors (Lipinski definition) is 2.